The van der Waals surface area contributed by atoms with Crippen LogP contribution in [0.1, 0.15) is 50.5 Å². The third-order valence-electron chi connectivity index (χ3n) is 4.12. The smallest absolute Gasteiger partial charge is 0.238 e. The van der Waals surface area contributed by atoms with Crippen LogP contribution in [0.4, 0.5) is 5.69 Å². The summed E-state index contributed by atoms with van der Waals surface area (Å²) in [6.07, 6.45) is 9.01. The maximum Gasteiger partial charge on any atom is 0.238 e. The number of nitrogens with one attached hydrogen (secondary N) is 2. The summed E-state index contributed by atoms with van der Waals surface area (Å²) in [4.78, 5) is 12.1. The highest BCUT2D eigenvalue weighted by atomic mass is 79.9. The van der Waals surface area contributed by atoms with Gasteiger partial charge >= 0.3 is 0 Å². The van der Waals surface area contributed by atoms with Gasteiger partial charge in [0.15, 0.2) is 0 Å². The summed E-state index contributed by atoms with van der Waals surface area (Å²) in [6.45, 7) is 2.41. The molecule has 1 aliphatic carbocycles. The Balaban J connectivity index is 1.78. The number of aryl methyl sites for hydroxylation is 1. The molecule has 1 fully saturated rings. The molecule has 0 atom stereocenters. The minimum Gasteiger partial charge on any atom is -0.325 e. The van der Waals surface area contributed by atoms with Gasteiger partial charge in [0.1, 0.15) is 0 Å². The van der Waals surface area contributed by atoms with Gasteiger partial charge in [-0.15, -0.1) is 0 Å². The summed E-state index contributed by atoms with van der Waals surface area (Å²) in [5, 5.41) is 6.40. The number of amides is 1. The van der Waals surface area contributed by atoms with Crippen LogP contribution in [-0.4, -0.2) is 18.5 Å². The van der Waals surface area contributed by atoms with Crippen LogP contribution in [0.3, 0.4) is 0 Å². The lowest BCUT2D eigenvalue weighted by atomic mass is 9.97. The molecule has 1 amide bonds. The molecule has 116 valence electrons. The Morgan fingerprint density at radius 1 is 1.19 bits per heavy atom. The van der Waals surface area contributed by atoms with Crippen molar-refractivity contribution in [3.05, 3.63) is 28.2 Å². The van der Waals surface area contributed by atoms with Crippen molar-refractivity contribution in [2.24, 2.45) is 0 Å². The predicted molar refractivity (Wildman–Crippen MR) is 91.6 cm³/mol. The largest absolute Gasteiger partial charge is 0.325 e. The van der Waals surface area contributed by atoms with E-state index in [9.17, 15) is 4.79 Å². The highest BCUT2D eigenvalue weighted by molar-refractivity contribution is 9.10. The first-order valence-corrected chi connectivity index (χ1v) is 8.74. The number of rotatable bonds is 4. The average molecular weight is 353 g/mol. The first kappa shape index (κ1) is 16.5. The van der Waals surface area contributed by atoms with Crippen molar-refractivity contribution in [1.82, 2.24) is 5.32 Å². The molecule has 0 spiro atoms. The van der Waals surface area contributed by atoms with Gasteiger partial charge in [0, 0.05) is 16.2 Å². The topological polar surface area (TPSA) is 41.1 Å². The van der Waals surface area contributed by atoms with Crippen molar-refractivity contribution < 1.29 is 4.79 Å². The Kier molecular flexibility index (Phi) is 6.71. The SMILES string of the molecule is Cc1cc(Br)ccc1NC(=O)CNC1CCCCCCC1. The van der Waals surface area contributed by atoms with Gasteiger partial charge < -0.3 is 10.6 Å². The lowest BCUT2D eigenvalue weighted by molar-refractivity contribution is -0.115. The third kappa shape index (κ3) is 5.79. The van der Waals surface area contributed by atoms with E-state index < -0.39 is 0 Å². The van der Waals surface area contributed by atoms with E-state index in [1.807, 2.05) is 25.1 Å². The molecule has 0 saturated heterocycles. The molecule has 1 saturated carbocycles. The maximum atomic E-state index is 12.1. The summed E-state index contributed by atoms with van der Waals surface area (Å²) < 4.78 is 1.03. The van der Waals surface area contributed by atoms with Crippen LogP contribution in [0, 0.1) is 6.92 Å². The molecule has 1 aliphatic rings. The van der Waals surface area contributed by atoms with Crippen LogP contribution in [0.2, 0.25) is 0 Å². The monoisotopic (exact) mass is 352 g/mol. The fraction of sp³-hybridized carbons (Fsp3) is 0.588. The standard InChI is InChI=1S/C17H25BrN2O/c1-13-11-14(18)9-10-16(13)20-17(21)12-19-15-7-5-3-2-4-6-8-15/h9-11,15,19H,2-8,12H2,1H3,(H,20,21). The fourth-order valence-electron chi connectivity index (χ4n) is 2.86. The highest BCUT2D eigenvalue weighted by Gasteiger charge is 2.12. The summed E-state index contributed by atoms with van der Waals surface area (Å²) in [6, 6.07) is 6.40. The van der Waals surface area contributed by atoms with Crippen molar-refractivity contribution in [1.29, 1.82) is 0 Å². The van der Waals surface area contributed by atoms with Crippen molar-refractivity contribution in [2.75, 3.05) is 11.9 Å². The van der Waals surface area contributed by atoms with Gasteiger partial charge in [-0.05, 0) is 43.5 Å². The van der Waals surface area contributed by atoms with E-state index in [0.29, 0.717) is 12.6 Å². The van der Waals surface area contributed by atoms with Crippen LogP contribution in [0.5, 0.6) is 0 Å². The molecule has 0 aliphatic heterocycles. The number of carbonyl (C=O) groups is 1. The Morgan fingerprint density at radius 3 is 2.52 bits per heavy atom. The van der Waals surface area contributed by atoms with Gasteiger partial charge in [-0.2, -0.15) is 0 Å². The number of hydrogen-bond donors (Lipinski definition) is 2. The highest BCUT2D eigenvalue weighted by Crippen LogP contribution is 2.20. The second-order valence-electron chi connectivity index (χ2n) is 5.93. The number of carbonyl (C=O) groups excluding carboxylic acids is 1. The Labute approximate surface area is 136 Å². The van der Waals surface area contributed by atoms with E-state index >= 15 is 0 Å². The molecule has 0 unspecified atom stereocenters. The van der Waals surface area contributed by atoms with Gasteiger partial charge in [0.2, 0.25) is 5.91 Å². The lowest BCUT2D eigenvalue weighted by Crippen LogP contribution is -2.36. The van der Waals surface area contributed by atoms with Crippen molar-refractivity contribution in [3.63, 3.8) is 0 Å². The van der Waals surface area contributed by atoms with Gasteiger partial charge in [-0.1, -0.05) is 48.0 Å². The van der Waals surface area contributed by atoms with Gasteiger partial charge in [-0.25, -0.2) is 0 Å². The minimum absolute atomic E-state index is 0.0440. The van der Waals surface area contributed by atoms with E-state index in [1.54, 1.807) is 0 Å². The first-order chi connectivity index (χ1) is 10.1. The second-order valence-corrected chi connectivity index (χ2v) is 6.85. The van der Waals surface area contributed by atoms with E-state index in [1.165, 1.54) is 44.9 Å². The van der Waals surface area contributed by atoms with E-state index in [-0.39, 0.29) is 5.91 Å². The van der Waals surface area contributed by atoms with Gasteiger partial charge in [0.05, 0.1) is 6.54 Å². The summed E-state index contributed by atoms with van der Waals surface area (Å²) in [7, 11) is 0. The van der Waals surface area contributed by atoms with Crippen LogP contribution in [0.25, 0.3) is 0 Å². The second kappa shape index (κ2) is 8.54. The number of benzene rings is 1. The van der Waals surface area contributed by atoms with Gasteiger partial charge in [0.25, 0.3) is 0 Å². The normalized spacial score (nSPS) is 17.0. The number of halogens is 1. The quantitative estimate of drug-likeness (QED) is 0.842. The molecule has 1 aromatic rings. The van der Waals surface area contributed by atoms with Gasteiger partial charge in [-0.3, -0.25) is 4.79 Å². The van der Waals surface area contributed by atoms with Crippen LogP contribution >= 0.6 is 15.9 Å². The summed E-state index contributed by atoms with van der Waals surface area (Å²) in [5.41, 5.74) is 1.96. The number of hydrogen-bond acceptors (Lipinski definition) is 2. The summed E-state index contributed by atoms with van der Waals surface area (Å²) in [5.74, 6) is 0.0440. The van der Waals surface area contributed by atoms with Crippen molar-refractivity contribution in [3.8, 4) is 0 Å². The lowest BCUT2D eigenvalue weighted by Gasteiger charge is -2.21. The zero-order valence-electron chi connectivity index (χ0n) is 12.8. The molecule has 0 radical (unpaired) electrons. The Morgan fingerprint density at radius 2 is 1.86 bits per heavy atom. The molecule has 4 heteroatoms. The summed E-state index contributed by atoms with van der Waals surface area (Å²) >= 11 is 3.43. The minimum atomic E-state index is 0.0440. The third-order valence-corrected chi connectivity index (χ3v) is 4.61. The Hall–Kier alpha value is -0.870. The van der Waals surface area contributed by atoms with E-state index in [2.05, 4.69) is 26.6 Å². The first-order valence-electron chi connectivity index (χ1n) is 7.94. The van der Waals surface area contributed by atoms with Crippen LogP contribution in [-0.2, 0) is 4.79 Å². The van der Waals surface area contributed by atoms with E-state index in [4.69, 9.17) is 0 Å². The van der Waals surface area contributed by atoms with Crippen molar-refractivity contribution in [2.45, 2.75) is 57.9 Å². The molecule has 3 nitrogen and oxygen atoms in total. The van der Waals surface area contributed by atoms with Crippen molar-refractivity contribution >= 4 is 27.5 Å². The molecule has 1 aromatic carbocycles. The molecular weight excluding hydrogens is 328 g/mol. The molecule has 2 rings (SSSR count). The fourth-order valence-corrected chi connectivity index (χ4v) is 3.33. The molecule has 2 N–H and O–H groups in total. The number of anilines is 1. The molecular formula is C17H25BrN2O. The zero-order chi connectivity index (χ0) is 15.1. The van der Waals surface area contributed by atoms with Crippen LogP contribution in [0.15, 0.2) is 22.7 Å². The Bertz CT molecular complexity index is 468. The molecule has 21 heavy (non-hydrogen) atoms. The molecule has 0 aromatic heterocycles. The predicted octanol–water partition coefficient (Wildman–Crippen LogP) is 4.40. The van der Waals surface area contributed by atoms with E-state index in [0.717, 1.165) is 15.7 Å². The maximum absolute atomic E-state index is 12.1. The average Bonchev–Trinajstić information content (AvgIpc) is 2.41. The molecule has 0 bridgehead atoms. The molecule has 0 heterocycles. The van der Waals surface area contributed by atoms with Crippen LogP contribution < -0.4 is 10.6 Å². The zero-order valence-corrected chi connectivity index (χ0v) is 14.3.